The standard InChI is InChI=1S/C30H30N6O4/c37-28-9-3-7-25-19-13-20(17-34(25)28)29-22(15-18-14-21(36(39)40)10-11-26(18)35(29)16-19)30(38)31-12-4-8-27-32-23-5-1-2-6-24(23)33-27/h1-3,5-7,9-11,14,19-20,22,29H,4,8,12-13,15-17H2,(H,31,38)(H,32,33)/t19-,20-,22+,29-/m0/s1. The number of H-pyrrole nitrogens is 1. The molecule has 204 valence electrons. The number of carbonyl (C=O) groups is 1. The lowest BCUT2D eigenvalue weighted by atomic mass is 9.70. The van der Waals surface area contributed by atoms with E-state index in [1.807, 2.05) is 47.0 Å². The number of aryl methyl sites for hydroxylation is 1. The fourth-order valence-electron chi connectivity index (χ4n) is 7.17. The van der Waals surface area contributed by atoms with Crippen molar-refractivity contribution in [3.63, 3.8) is 0 Å². The Morgan fingerprint density at radius 1 is 1.12 bits per heavy atom. The Morgan fingerprint density at radius 3 is 2.85 bits per heavy atom. The molecule has 2 aromatic carbocycles. The maximum atomic E-state index is 13.7. The number of benzene rings is 2. The molecule has 10 nitrogen and oxygen atoms in total. The molecule has 0 saturated carbocycles. The van der Waals surface area contributed by atoms with Crippen LogP contribution in [-0.4, -0.2) is 44.5 Å². The average molecular weight is 539 g/mol. The van der Waals surface area contributed by atoms with Crippen LogP contribution in [0.2, 0.25) is 0 Å². The van der Waals surface area contributed by atoms with Gasteiger partial charge in [-0.3, -0.25) is 19.7 Å². The van der Waals surface area contributed by atoms with Crippen molar-refractivity contribution >= 4 is 28.3 Å². The number of piperidine rings is 1. The Balaban J connectivity index is 1.14. The minimum atomic E-state index is -0.382. The van der Waals surface area contributed by atoms with Crippen LogP contribution in [-0.2, 0) is 24.2 Å². The molecule has 2 bridgehead atoms. The summed E-state index contributed by atoms with van der Waals surface area (Å²) >= 11 is 0. The number of rotatable bonds is 6. The first-order valence-electron chi connectivity index (χ1n) is 13.9. The van der Waals surface area contributed by atoms with Crippen LogP contribution in [0, 0.1) is 22.0 Å². The van der Waals surface area contributed by atoms with Crippen LogP contribution in [0.3, 0.4) is 0 Å². The minimum absolute atomic E-state index is 0.000858. The van der Waals surface area contributed by atoms with Crippen LogP contribution in [0.15, 0.2) is 65.5 Å². The van der Waals surface area contributed by atoms with Crippen molar-refractivity contribution in [1.29, 1.82) is 0 Å². The number of imidazole rings is 1. The van der Waals surface area contributed by atoms with Crippen LogP contribution in [0.4, 0.5) is 11.4 Å². The number of anilines is 1. The lowest BCUT2D eigenvalue weighted by Crippen LogP contribution is -2.61. The Labute approximate surface area is 230 Å². The zero-order valence-electron chi connectivity index (χ0n) is 22.0. The third-order valence-corrected chi connectivity index (χ3v) is 8.87. The van der Waals surface area contributed by atoms with Gasteiger partial charge in [-0.2, -0.15) is 0 Å². The van der Waals surface area contributed by atoms with Gasteiger partial charge in [0.1, 0.15) is 5.82 Å². The van der Waals surface area contributed by atoms with E-state index in [9.17, 15) is 19.7 Å². The van der Waals surface area contributed by atoms with Crippen LogP contribution < -0.4 is 15.8 Å². The summed E-state index contributed by atoms with van der Waals surface area (Å²) < 4.78 is 1.88. The number of amides is 1. The van der Waals surface area contributed by atoms with Crippen molar-refractivity contribution in [1.82, 2.24) is 19.9 Å². The van der Waals surface area contributed by atoms with Gasteiger partial charge in [0.05, 0.1) is 21.9 Å². The van der Waals surface area contributed by atoms with Gasteiger partial charge in [-0.25, -0.2) is 4.98 Å². The van der Waals surface area contributed by atoms with Gasteiger partial charge in [0.25, 0.3) is 11.2 Å². The van der Waals surface area contributed by atoms with Gasteiger partial charge in [-0.05, 0) is 55.0 Å². The molecule has 1 fully saturated rings. The first-order valence-corrected chi connectivity index (χ1v) is 13.9. The van der Waals surface area contributed by atoms with Crippen molar-refractivity contribution in [2.45, 2.75) is 44.2 Å². The first-order chi connectivity index (χ1) is 19.5. The maximum absolute atomic E-state index is 13.7. The molecule has 5 heterocycles. The number of non-ortho nitro benzene ring substituents is 1. The van der Waals surface area contributed by atoms with Crippen LogP contribution in [0.25, 0.3) is 11.0 Å². The highest BCUT2D eigenvalue weighted by Crippen LogP contribution is 2.47. The normalized spacial score (nSPS) is 22.8. The lowest BCUT2D eigenvalue weighted by molar-refractivity contribution is -0.384. The number of aromatic amines is 1. The number of aromatic nitrogens is 3. The molecule has 0 unspecified atom stereocenters. The Hall–Kier alpha value is -4.47. The molecule has 3 aliphatic heterocycles. The van der Waals surface area contributed by atoms with Crippen molar-refractivity contribution in [2.24, 2.45) is 11.8 Å². The summed E-state index contributed by atoms with van der Waals surface area (Å²) in [4.78, 5) is 47.9. The summed E-state index contributed by atoms with van der Waals surface area (Å²) in [6.07, 6.45) is 2.81. The van der Waals surface area contributed by atoms with E-state index in [2.05, 4.69) is 20.2 Å². The van der Waals surface area contributed by atoms with Crippen molar-refractivity contribution in [3.05, 3.63) is 98.2 Å². The molecule has 1 saturated heterocycles. The van der Waals surface area contributed by atoms with Gasteiger partial charge >= 0.3 is 0 Å². The van der Waals surface area contributed by atoms with Gasteiger partial charge < -0.3 is 19.8 Å². The molecule has 2 aromatic heterocycles. The topological polar surface area (TPSA) is 126 Å². The number of nitro benzene ring substituents is 1. The van der Waals surface area contributed by atoms with E-state index in [-0.39, 0.29) is 45.9 Å². The predicted octanol–water partition coefficient (Wildman–Crippen LogP) is 3.55. The average Bonchev–Trinajstić information content (AvgIpc) is 3.38. The molecule has 0 spiro atoms. The third kappa shape index (κ3) is 4.14. The quantitative estimate of drug-likeness (QED) is 0.220. The molecule has 4 aromatic rings. The summed E-state index contributed by atoms with van der Waals surface area (Å²) in [6, 6.07) is 18.3. The largest absolute Gasteiger partial charge is 0.366 e. The van der Waals surface area contributed by atoms with E-state index in [1.54, 1.807) is 18.2 Å². The molecule has 7 rings (SSSR count). The summed E-state index contributed by atoms with van der Waals surface area (Å²) in [5, 5.41) is 14.7. The summed E-state index contributed by atoms with van der Waals surface area (Å²) in [5.41, 5.74) is 4.79. The fourth-order valence-corrected chi connectivity index (χ4v) is 7.17. The SMILES string of the molecule is O=C(NCCCc1nc2ccccc2[nH]1)[C@@H]1Cc2cc([N+](=O)[O-])ccc2N2C[C@@H]3C[C@@H](Cn4c3cccc4=O)[C@@H]12. The number of para-hydroxylation sites is 2. The third-order valence-electron chi connectivity index (χ3n) is 8.87. The number of nitro groups is 1. The van der Waals surface area contributed by atoms with Crippen LogP contribution >= 0.6 is 0 Å². The second kappa shape index (κ2) is 9.62. The van der Waals surface area contributed by atoms with Crippen LogP contribution in [0.1, 0.15) is 35.8 Å². The zero-order valence-corrected chi connectivity index (χ0v) is 22.0. The second-order valence-electron chi connectivity index (χ2n) is 11.2. The van der Waals surface area contributed by atoms with E-state index in [0.717, 1.165) is 46.6 Å². The molecular weight excluding hydrogens is 508 g/mol. The highest BCUT2D eigenvalue weighted by Gasteiger charge is 2.49. The number of fused-ring (bicyclic) bond motifs is 9. The molecular formula is C30H30N6O4. The first kappa shape index (κ1) is 24.6. The predicted molar refractivity (Wildman–Crippen MR) is 150 cm³/mol. The zero-order chi connectivity index (χ0) is 27.4. The molecule has 1 amide bonds. The van der Waals surface area contributed by atoms with E-state index in [1.165, 1.54) is 0 Å². The maximum Gasteiger partial charge on any atom is 0.269 e. The number of pyridine rings is 1. The Bertz CT molecular complexity index is 1660. The van der Waals surface area contributed by atoms with Crippen molar-refractivity contribution < 1.29 is 9.72 Å². The summed E-state index contributed by atoms with van der Waals surface area (Å²) in [5.74, 6) is 0.776. The molecule has 4 atom stereocenters. The van der Waals surface area contributed by atoms with E-state index >= 15 is 0 Å². The molecule has 2 N–H and O–H groups in total. The molecule has 0 radical (unpaired) electrons. The van der Waals surface area contributed by atoms with Gasteiger partial charge in [0.15, 0.2) is 0 Å². The molecule has 10 heteroatoms. The Morgan fingerprint density at radius 2 is 2.00 bits per heavy atom. The van der Waals surface area contributed by atoms with E-state index in [0.29, 0.717) is 32.5 Å². The smallest absolute Gasteiger partial charge is 0.269 e. The second-order valence-corrected chi connectivity index (χ2v) is 11.2. The van der Waals surface area contributed by atoms with E-state index < -0.39 is 0 Å². The van der Waals surface area contributed by atoms with Gasteiger partial charge in [0, 0.05) is 67.6 Å². The van der Waals surface area contributed by atoms with E-state index in [4.69, 9.17) is 0 Å². The highest BCUT2D eigenvalue weighted by molar-refractivity contribution is 5.82. The Kier molecular flexibility index (Phi) is 5.91. The number of carbonyl (C=O) groups excluding carboxylic acids is 1. The van der Waals surface area contributed by atoms with Crippen molar-refractivity contribution in [3.8, 4) is 0 Å². The summed E-state index contributed by atoms with van der Waals surface area (Å²) in [6.45, 7) is 1.76. The monoisotopic (exact) mass is 538 g/mol. The fraction of sp³-hybridized carbons (Fsp3) is 0.367. The number of nitrogens with one attached hydrogen (secondary N) is 2. The minimum Gasteiger partial charge on any atom is -0.366 e. The lowest BCUT2D eigenvalue weighted by Gasteiger charge is -2.54. The summed E-state index contributed by atoms with van der Waals surface area (Å²) in [7, 11) is 0. The van der Waals surface area contributed by atoms with Gasteiger partial charge in [-0.15, -0.1) is 0 Å². The van der Waals surface area contributed by atoms with Crippen molar-refractivity contribution in [2.75, 3.05) is 18.0 Å². The number of nitrogens with zero attached hydrogens (tertiary/aromatic N) is 4. The van der Waals surface area contributed by atoms with Crippen LogP contribution in [0.5, 0.6) is 0 Å². The van der Waals surface area contributed by atoms with Gasteiger partial charge in [0.2, 0.25) is 5.91 Å². The molecule has 40 heavy (non-hydrogen) atoms. The molecule has 3 aliphatic rings. The highest BCUT2D eigenvalue weighted by atomic mass is 16.6. The molecule has 0 aliphatic carbocycles. The number of hydrogen-bond donors (Lipinski definition) is 2. The number of hydrogen-bond acceptors (Lipinski definition) is 6. The van der Waals surface area contributed by atoms with Gasteiger partial charge in [-0.1, -0.05) is 18.2 Å².